The Bertz CT molecular complexity index is 721. The monoisotopic (exact) mass is 321 g/mol. The number of nitrogens with one attached hydrogen (secondary N) is 1. The van der Waals surface area contributed by atoms with Crippen LogP contribution in [0.25, 0.3) is 0 Å². The number of carboxylic acid groups (broad SMARTS) is 1. The Balaban J connectivity index is 1.90. The highest BCUT2D eigenvalue weighted by atomic mass is 35.5. The Morgan fingerprint density at radius 3 is 2.57 bits per heavy atom. The van der Waals surface area contributed by atoms with Gasteiger partial charge in [-0.2, -0.15) is 0 Å². The molecule has 0 fully saturated rings. The molecule has 1 aliphatic carbocycles. The normalized spacial score (nSPS) is 13.0. The minimum atomic E-state index is -0.985. The lowest BCUT2D eigenvalue weighted by molar-refractivity contribution is 0.0697. The van der Waals surface area contributed by atoms with Crippen LogP contribution in [0.4, 0.5) is 5.00 Å². The number of carbonyl (C=O) groups excluding carboxylic acids is 1. The smallest absolute Gasteiger partial charge is 0.339 e. The van der Waals surface area contributed by atoms with E-state index < -0.39 is 5.97 Å². The molecule has 2 aromatic rings. The predicted molar refractivity (Wildman–Crippen MR) is 82.7 cm³/mol. The number of thiophene rings is 1. The molecule has 1 amide bonds. The molecule has 0 saturated heterocycles. The Morgan fingerprint density at radius 2 is 1.90 bits per heavy atom. The largest absolute Gasteiger partial charge is 0.478 e. The molecule has 0 bridgehead atoms. The molecule has 0 unspecified atom stereocenters. The zero-order valence-electron chi connectivity index (χ0n) is 11.0. The van der Waals surface area contributed by atoms with E-state index >= 15 is 0 Å². The molecule has 1 aromatic heterocycles. The Hall–Kier alpha value is -1.85. The number of hydrogen-bond acceptors (Lipinski definition) is 3. The SMILES string of the molecule is O=C(Nc1sc2c(c1C(=O)O)CCC2)c1ccc(Cl)cc1. The van der Waals surface area contributed by atoms with Crippen LogP contribution in [0.3, 0.4) is 0 Å². The molecule has 4 nitrogen and oxygen atoms in total. The summed E-state index contributed by atoms with van der Waals surface area (Å²) < 4.78 is 0. The average Bonchev–Trinajstić information content (AvgIpc) is 2.98. The minimum Gasteiger partial charge on any atom is -0.478 e. The van der Waals surface area contributed by atoms with Gasteiger partial charge in [0.2, 0.25) is 0 Å². The van der Waals surface area contributed by atoms with Crippen molar-refractivity contribution in [3.8, 4) is 0 Å². The summed E-state index contributed by atoms with van der Waals surface area (Å²) >= 11 is 7.15. The number of rotatable bonds is 3. The van der Waals surface area contributed by atoms with Gasteiger partial charge >= 0.3 is 5.97 Å². The molecule has 6 heteroatoms. The van der Waals surface area contributed by atoms with Gasteiger partial charge in [0.15, 0.2) is 0 Å². The maximum absolute atomic E-state index is 12.2. The summed E-state index contributed by atoms with van der Waals surface area (Å²) in [6.07, 6.45) is 2.63. The van der Waals surface area contributed by atoms with Crippen LogP contribution in [0.5, 0.6) is 0 Å². The zero-order valence-corrected chi connectivity index (χ0v) is 12.6. The molecule has 21 heavy (non-hydrogen) atoms. The van der Waals surface area contributed by atoms with Crippen molar-refractivity contribution in [2.45, 2.75) is 19.3 Å². The van der Waals surface area contributed by atoms with E-state index in [1.165, 1.54) is 11.3 Å². The van der Waals surface area contributed by atoms with Crippen LogP contribution in [0.15, 0.2) is 24.3 Å². The van der Waals surface area contributed by atoms with Crippen LogP contribution >= 0.6 is 22.9 Å². The van der Waals surface area contributed by atoms with Crippen LogP contribution in [0, 0.1) is 0 Å². The van der Waals surface area contributed by atoms with Gasteiger partial charge < -0.3 is 10.4 Å². The van der Waals surface area contributed by atoms with Crippen molar-refractivity contribution in [1.29, 1.82) is 0 Å². The van der Waals surface area contributed by atoms with Crippen molar-refractivity contribution < 1.29 is 14.7 Å². The molecule has 2 N–H and O–H groups in total. The summed E-state index contributed by atoms with van der Waals surface area (Å²) in [6.45, 7) is 0. The van der Waals surface area contributed by atoms with E-state index in [1.54, 1.807) is 24.3 Å². The molecule has 0 spiro atoms. The first kappa shape index (κ1) is 14.1. The molecule has 0 radical (unpaired) electrons. The summed E-state index contributed by atoms with van der Waals surface area (Å²) in [7, 11) is 0. The van der Waals surface area contributed by atoms with E-state index in [4.69, 9.17) is 11.6 Å². The van der Waals surface area contributed by atoms with Crippen LogP contribution in [0.1, 0.15) is 37.6 Å². The number of aromatic carboxylic acids is 1. The number of halogens is 1. The fraction of sp³-hybridized carbons (Fsp3) is 0.200. The van der Waals surface area contributed by atoms with Crippen molar-refractivity contribution in [1.82, 2.24) is 0 Å². The Kier molecular flexibility index (Phi) is 3.69. The van der Waals surface area contributed by atoms with Gasteiger partial charge in [0.05, 0.1) is 5.56 Å². The summed E-state index contributed by atoms with van der Waals surface area (Å²) in [6, 6.07) is 6.48. The van der Waals surface area contributed by atoms with Gasteiger partial charge in [-0.15, -0.1) is 11.3 Å². The maximum atomic E-state index is 12.2. The zero-order chi connectivity index (χ0) is 15.0. The van der Waals surface area contributed by atoms with Gasteiger partial charge in [0, 0.05) is 15.5 Å². The first-order valence-corrected chi connectivity index (χ1v) is 7.70. The van der Waals surface area contributed by atoms with Gasteiger partial charge in [-0.1, -0.05) is 11.6 Å². The third-order valence-corrected chi connectivity index (χ3v) is 4.93. The van der Waals surface area contributed by atoms with Crippen molar-refractivity contribution in [3.63, 3.8) is 0 Å². The van der Waals surface area contributed by atoms with Gasteiger partial charge in [-0.05, 0) is 49.1 Å². The van der Waals surface area contributed by atoms with Gasteiger partial charge in [-0.3, -0.25) is 4.79 Å². The van der Waals surface area contributed by atoms with E-state index in [-0.39, 0.29) is 11.5 Å². The van der Waals surface area contributed by atoms with E-state index in [1.807, 2.05) is 0 Å². The molecule has 0 saturated carbocycles. The number of carbonyl (C=O) groups is 2. The third-order valence-electron chi connectivity index (χ3n) is 3.47. The molecule has 1 aliphatic rings. The number of anilines is 1. The highest BCUT2D eigenvalue weighted by molar-refractivity contribution is 7.17. The van der Waals surface area contributed by atoms with Gasteiger partial charge in [0.25, 0.3) is 5.91 Å². The second kappa shape index (κ2) is 5.50. The van der Waals surface area contributed by atoms with Crippen LogP contribution in [0.2, 0.25) is 5.02 Å². The van der Waals surface area contributed by atoms with Crippen molar-refractivity contribution in [2.24, 2.45) is 0 Å². The van der Waals surface area contributed by atoms with Crippen LogP contribution < -0.4 is 5.32 Å². The molecule has 1 aromatic carbocycles. The molecule has 3 rings (SSSR count). The molecule has 0 atom stereocenters. The summed E-state index contributed by atoms with van der Waals surface area (Å²) in [5.41, 5.74) is 1.57. The number of fused-ring (bicyclic) bond motifs is 1. The molecule has 1 heterocycles. The Labute approximate surface area is 130 Å². The number of amides is 1. The van der Waals surface area contributed by atoms with Crippen molar-refractivity contribution in [3.05, 3.63) is 50.9 Å². The lowest BCUT2D eigenvalue weighted by Crippen LogP contribution is -2.13. The quantitative estimate of drug-likeness (QED) is 0.902. The van der Waals surface area contributed by atoms with E-state index in [0.717, 1.165) is 29.7 Å². The van der Waals surface area contributed by atoms with E-state index in [0.29, 0.717) is 15.6 Å². The van der Waals surface area contributed by atoms with Crippen molar-refractivity contribution in [2.75, 3.05) is 5.32 Å². The standard InChI is InChI=1S/C15H12ClNO3S/c16-9-6-4-8(5-7-9)13(18)17-14-12(15(19)20)10-2-1-3-11(10)21-14/h4-7H,1-3H2,(H,17,18)(H,19,20). The second-order valence-electron chi connectivity index (χ2n) is 4.83. The molecule has 0 aliphatic heterocycles. The van der Waals surface area contributed by atoms with Crippen molar-refractivity contribution >= 4 is 39.8 Å². The number of carboxylic acids is 1. The van der Waals surface area contributed by atoms with Gasteiger partial charge in [-0.25, -0.2) is 4.79 Å². The first-order valence-electron chi connectivity index (χ1n) is 6.51. The predicted octanol–water partition coefficient (Wildman–Crippen LogP) is 3.84. The fourth-order valence-electron chi connectivity index (χ4n) is 2.50. The highest BCUT2D eigenvalue weighted by Gasteiger charge is 2.27. The summed E-state index contributed by atoms with van der Waals surface area (Å²) in [4.78, 5) is 24.7. The fourth-order valence-corrected chi connectivity index (χ4v) is 3.90. The number of hydrogen-bond donors (Lipinski definition) is 2. The lowest BCUT2D eigenvalue weighted by Gasteiger charge is -2.05. The van der Waals surface area contributed by atoms with Crippen LogP contribution in [-0.4, -0.2) is 17.0 Å². The van der Waals surface area contributed by atoms with Crippen LogP contribution in [-0.2, 0) is 12.8 Å². The third kappa shape index (κ3) is 2.66. The van der Waals surface area contributed by atoms with Gasteiger partial charge in [0.1, 0.15) is 5.00 Å². The topological polar surface area (TPSA) is 66.4 Å². The molecular formula is C15H12ClNO3S. The molecule has 108 valence electrons. The highest BCUT2D eigenvalue weighted by Crippen LogP contribution is 2.39. The maximum Gasteiger partial charge on any atom is 0.339 e. The summed E-state index contributed by atoms with van der Waals surface area (Å²) in [5.74, 6) is -1.31. The first-order chi connectivity index (χ1) is 10.1. The van der Waals surface area contributed by atoms with E-state index in [2.05, 4.69) is 5.32 Å². The number of benzene rings is 1. The molecular weight excluding hydrogens is 310 g/mol. The summed E-state index contributed by atoms with van der Waals surface area (Å²) in [5, 5.41) is 13.1. The second-order valence-corrected chi connectivity index (χ2v) is 6.37. The average molecular weight is 322 g/mol. The Morgan fingerprint density at radius 1 is 1.19 bits per heavy atom. The number of aryl methyl sites for hydroxylation is 1. The lowest BCUT2D eigenvalue weighted by atomic mass is 10.1. The minimum absolute atomic E-state index is 0.245. The van der Waals surface area contributed by atoms with E-state index in [9.17, 15) is 14.7 Å².